The molecule has 2 atom stereocenters. The molecule has 0 saturated carbocycles. The minimum Gasteiger partial charge on any atom is -0.509 e. The highest BCUT2D eigenvalue weighted by Crippen LogP contribution is 2.28. The Morgan fingerprint density at radius 1 is 1.27 bits per heavy atom. The SMILES string of the molecule is [B]c1ccc(-n2cc(C(=O)Nc3ccc(CN4CCCC(CS(N)=O)C4)c(OC([B])[B])c3)c(C)n2)cc1. The lowest BCUT2D eigenvalue weighted by atomic mass is 9.82. The van der Waals surface area contributed by atoms with Gasteiger partial charge in [-0.3, -0.25) is 14.8 Å². The summed E-state index contributed by atoms with van der Waals surface area (Å²) in [5, 5.41) is 12.9. The molecule has 1 amide bonds. The molecule has 0 bridgehead atoms. The Labute approximate surface area is 224 Å². The van der Waals surface area contributed by atoms with Crippen LogP contribution in [-0.2, 0) is 17.5 Å². The van der Waals surface area contributed by atoms with Gasteiger partial charge in [-0.2, -0.15) is 5.10 Å². The molecule has 3 N–H and O–H groups in total. The van der Waals surface area contributed by atoms with Crippen LogP contribution < -0.4 is 20.7 Å². The molecule has 4 rings (SSSR count). The van der Waals surface area contributed by atoms with Crippen LogP contribution in [0.25, 0.3) is 5.69 Å². The molecule has 0 spiro atoms. The average Bonchev–Trinajstić information content (AvgIpc) is 3.22. The summed E-state index contributed by atoms with van der Waals surface area (Å²) >= 11 is 0. The molecular weight excluding hydrogens is 483 g/mol. The number of anilines is 1. The molecule has 1 aliphatic heterocycles. The highest BCUT2D eigenvalue weighted by atomic mass is 32.2. The second-order valence-corrected chi connectivity index (χ2v) is 10.4. The fraction of sp³-hybridized carbons (Fsp3) is 0.360. The Morgan fingerprint density at radius 3 is 2.73 bits per heavy atom. The maximum Gasteiger partial charge on any atom is 0.259 e. The number of nitrogens with one attached hydrogen (secondary N) is 1. The summed E-state index contributed by atoms with van der Waals surface area (Å²) in [5.41, 5.74) is 3.90. The minimum absolute atomic E-state index is 0.289. The molecule has 3 aromatic rings. The summed E-state index contributed by atoms with van der Waals surface area (Å²) in [6, 6.07) is 12.7. The van der Waals surface area contributed by atoms with Crippen LogP contribution in [0.1, 0.15) is 34.5 Å². The van der Waals surface area contributed by atoms with E-state index in [1.165, 1.54) is 0 Å². The summed E-state index contributed by atoms with van der Waals surface area (Å²) < 4.78 is 18.8. The number of hydrogen-bond donors (Lipinski definition) is 2. The summed E-state index contributed by atoms with van der Waals surface area (Å²) in [6.07, 6.45) is 3.70. The van der Waals surface area contributed by atoms with Gasteiger partial charge in [0.05, 0.1) is 27.9 Å². The van der Waals surface area contributed by atoms with Crippen molar-refractivity contribution < 1.29 is 13.7 Å². The molecule has 12 heteroatoms. The van der Waals surface area contributed by atoms with Gasteiger partial charge in [-0.15, -0.1) is 0 Å². The average molecular weight is 511 g/mol. The van der Waals surface area contributed by atoms with Crippen molar-refractivity contribution in [3.63, 3.8) is 0 Å². The molecule has 2 unspecified atom stereocenters. The first kappa shape index (κ1) is 27.2. The van der Waals surface area contributed by atoms with E-state index in [1.807, 2.05) is 24.3 Å². The molecule has 8 nitrogen and oxygen atoms in total. The first-order valence-corrected chi connectivity index (χ1v) is 13.5. The lowest BCUT2D eigenvalue weighted by Gasteiger charge is -2.32. The van der Waals surface area contributed by atoms with Crippen LogP contribution in [0.2, 0.25) is 0 Å². The van der Waals surface area contributed by atoms with E-state index in [1.54, 1.807) is 36.0 Å². The third kappa shape index (κ3) is 7.37. The summed E-state index contributed by atoms with van der Waals surface area (Å²) in [5.74, 6) is -0.0435. The number of hydrogen-bond acceptors (Lipinski definition) is 5. The number of amides is 1. The van der Waals surface area contributed by atoms with Gasteiger partial charge in [0.15, 0.2) is 0 Å². The maximum absolute atomic E-state index is 13.1. The Morgan fingerprint density at radius 2 is 2.03 bits per heavy atom. The van der Waals surface area contributed by atoms with Crippen LogP contribution >= 0.6 is 0 Å². The van der Waals surface area contributed by atoms with Crippen LogP contribution in [0.15, 0.2) is 48.7 Å². The predicted octanol–water partition coefficient (Wildman–Crippen LogP) is 1.06. The summed E-state index contributed by atoms with van der Waals surface area (Å²) in [6.45, 7) is 4.10. The smallest absolute Gasteiger partial charge is 0.259 e. The van der Waals surface area contributed by atoms with Gasteiger partial charge in [-0.25, -0.2) is 8.89 Å². The fourth-order valence-corrected chi connectivity index (χ4v) is 5.30. The number of aromatic nitrogens is 2. The predicted molar refractivity (Wildman–Crippen MR) is 149 cm³/mol. The van der Waals surface area contributed by atoms with Crippen LogP contribution in [0, 0.1) is 12.8 Å². The Hall–Kier alpha value is -2.82. The number of ether oxygens (including phenoxy) is 1. The molecule has 1 aliphatic rings. The van der Waals surface area contributed by atoms with E-state index in [4.69, 9.17) is 33.4 Å². The van der Waals surface area contributed by atoms with Crippen LogP contribution in [0.5, 0.6) is 5.75 Å². The molecule has 2 aromatic carbocycles. The zero-order chi connectivity index (χ0) is 26.5. The first-order chi connectivity index (χ1) is 17.7. The molecule has 6 radical (unpaired) electrons. The summed E-state index contributed by atoms with van der Waals surface area (Å²) in [7, 11) is 15.9. The highest BCUT2D eigenvalue weighted by molar-refractivity contribution is 7.82. The normalized spacial score (nSPS) is 17.0. The van der Waals surface area contributed by atoms with Crippen molar-refractivity contribution in [3.8, 4) is 11.4 Å². The largest absolute Gasteiger partial charge is 0.509 e. The van der Waals surface area contributed by atoms with Crippen molar-refractivity contribution >= 4 is 51.6 Å². The number of carbonyl (C=O) groups excluding carboxylic acids is 1. The van der Waals surface area contributed by atoms with Crippen molar-refractivity contribution in [3.05, 3.63) is 65.5 Å². The molecule has 0 aliphatic carbocycles. The minimum atomic E-state index is -1.31. The van der Waals surface area contributed by atoms with Crippen LogP contribution in [-0.4, -0.2) is 73.1 Å². The number of carbonyl (C=O) groups is 1. The molecule has 1 aromatic heterocycles. The van der Waals surface area contributed by atoms with Gasteiger partial charge in [-0.1, -0.05) is 23.7 Å². The van der Waals surface area contributed by atoms with Gasteiger partial charge in [0.25, 0.3) is 5.91 Å². The van der Waals surface area contributed by atoms with Crippen LogP contribution in [0.4, 0.5) is 5.69 Å². The Kier molecular flexibility index (Phi) is 8.94. The molecule has 37 heavy (non-hydrogen) atoms. The third-order valence-corrected chi connectivity index (χ3v) is 7.09. The van der Waals surface area contributed by atoms with E-state index in [2.05, 4.69) is 15.3 Å². The fourth-order valence-electron chi connectivity index (χ4n) is 4.56. The van der Waals surface area contributed by atoms with Crippen molar-refractivity contribution in [2.75, 3.05) is 24.2 Å². The second-order valence-electron chi connectivity index (χ2n) is 9.31. The number of aryl methyl sites for hydroxylation is 1. The highest BCUT2D eigenvalue weighted by Gasteiger charge is 2.23. The standard InChI is InChI=1S/C25H28B3N5O3S/c1-16-22(14-33(31-16)21-8-5-19(26)6-9-21)24(34)30-20-7-4-18(23(11-20)36-25(27)28)13-32-10-2-3-17(12-32)15-37(29)35/h4-9,11,14,17,25H,2-3,10,12-13,15,29H2,1H3,(H,30,34). The van der Waals surface area contributed by atoms with Gasteiger partial charge < -0.3 is 10.1 Å². The van der Waals surface area contributed by atoms with E-state index >= 15 is 0 Å². The van der Waals surface area contributed by atoms with E-state index < -0.39 is 16.9 Å². The molecule has 1 fully saturated rings. The van der Waals surface area contributed by atoms with E-state index in [-0.39, 0.29) is 11.8 Å². The Bertz CT molecular complexity index is 1270. The number of nitrogens with zero attached hydrogens (tertiary/aromatic N) is 3. The van der Waals surface area contributed by atoms with Crippen molar-refractivity contribution in [2.24, 2.45) is 11.1 Å². The zero-order valence-corrected chi connectivity index (χ0v) is 21.6. The van der Waals surface area contributed by atoms with Crippen molar-refractivity contribution in [2.45, 2.75) is 32.2 Å². The van der Waals surface area contributed by atoms with Gasteiger partial charge in [0, 0.05) is 48.3 Å². The van der Waals surface area contributed by atoms with Crippen molar-refractivity contribution in [1.82, 2.24) is 14.7 Å². The Balaban J connectivity index is 1.49. The van der Waals surface area contributed by atoms with Gasteiger partial charge in [0.1, 0.15) is 29.3 Å². The lowest BCUT2D eigenvalue weighted by molar-refractivity contribution is 0.102. The topological polar surface area (TPSA) is 102 Å². The second kappa shape index (κ2) is 12.2. The number of nitrogens with two attached hydrogens (primary N) is 1. The zero-order valence-electron chi connectivity index (χ0n) is 20.8. The molecule has 2 heterocycles. The number of piperidine rings is 1. The first-order valence-electron chi connectivity index (χ1n) is 12.1. The lowest BCUT2D eigenvalue weighted by Crippen LogP contribution is -2.37. The molecule has 186 valence electrons. The summed E-state index contributed by atoms with van der Waals surface area (Å²) in [4.78, 5) is 15.4. The maximum atomic E-state index is 13.1. The van der Waals surface area contributed by atoms with Gasteiger partial charge in [0.2, 0.25) is 0 Å². The van der Waals surface area contributed by atoms with E-state index in [0.717, 1.165) is 37.2 Å². The molecule has 1 saturated heterocycles. The van der Waals surface area contributed by atoms with Crippen molar-refractivity contribution in [1.29, 1.82) is 0 Å². The van der Waals surface area contributed by atoms with Gasteiger partial charge in [-0.05, 0) is 50.4 Å². The monoisotopic (exact) mass is 511 g/mol. The quantitative estimate of drug-likeness (QED) is 0.419. The third-order valence-electron chi connectivity index (χ3n) is 6.29. The molecular formula is C25H28B3N5O3S. The number of rotatable bonds is 9. The van der Waals surface area contributed by atoms with Gasteiger partial charge >= 0.3 is 0 Å². The number of likely N-dealkylation sites (tertiary alicyclic amines) is 1. The number of benzene rings is 2. The van der Waals surface area contributed by atoms with E-state index in [0.29, 0.717) is 40.5 Å². The van der Waals surface area contributed by atoms with E-state index in [9.17, 15) is 9.00 Å². The van der Waals surface area contributed by atoms with Crippen LogP contribution in [0.3, 0.4) is 0 Å².